The number of aryl methyl sites for hydroxylation is 1. The zero-order chi connectivity index (χ0) is 13.1. The summed E-state index contributed by atoms with van der Waals surface area (Å²) in [5.41, 5.74) is 6.70. The summed E-state index contributed by atoms with van der Waals surface area (Å²) in [6, 6.07) is 3.94. The number of rotatable bonds is 2. The van der Waals surface area contributed by atoms with Gasteiger partial charge in [-0.3, -0.25) is 9.78 Å². The normalized spacial score (nSPS) is 10.1. The van der Waals surface area contributed by atoms with Crippen LogP contribution in [0, 0.1) is 12.7 Å². The van der Waals surface area contributed by atoms with Crippen molar-refractivity contribution in [3.05, 3.63) is 47.8 Å². The summed E-state index contributed by atoms with van der Waals surface area (Å²) in [7, 11) is 0. The molecule has 0 radical (unpaired) electrons. The molecule has 0 unspecified atom stereocenters. The summed E-state index contributed by atoms with van der Waals surface area (Å²) >= 11 is 0. The number of hydrogen-bond donors (Lipinski definition) is 2. The van der Waals surface area contributed by atoms with E-state index in [2.05, 4.69) is 15.3 Å². The Bertz CT molecular complexity index is 583. The molecule has 0 atom stereocenters. The Morgan fingerprint density at radius 1 is 1.33 bits per heavy atom. The number of nitrogen functional groups attached to an aromatic ring is 1. The fraction of sp³-hybridized carbons (Fsp3) is 0.0833. The molecule has 0 aliphatic heterocycles. The van der Waals surface area contributed by atoms with Crippen LogP contribution in [0.4, 0.5) is 15.8 Å². The van der Waals surface area contributed by atoms with Crippen LogP contribution in [-0.2, 0) is 0 Å². The molecule has 6 heteroatoms. The smallest absolute Gasteiger partial charge is 0.275 e. The number of amides is 1. The number of anilines is 2. The number of nitrogens with one attached hydrogen (secondary N) is 1. The molecule has 3 N–H and O–H groups in total. The van der Waals surface area contributed by atoms with Gasteiger partial charge in [0.1, 0.15) is 11.5 Å². The second kappa shape index (κ2) is 4.79. The minimum Gasteiger partial charge on any atom is -0.399 e. The zero-order valence-corrected chi connectivity index (χ0v) is 9.64. The molecular formula is C12H11FN4O. The van der Waals surface area contributed by atoms with Crippen LogP contribution >= 0.6 is 0 Å². The van der Waals surface area contributed by atoms with Crippen molar-refractivity contribution < 1.29 is 9.18 Å². The first-order valence-corrected chi connectivity index (χ1v) is 5.21. The third kappa shape index (κ3) is 2.60. The van der Waals surface area contributed by atoms with Crippen molar-refractivity contribution >= 4 is 17.3 Å². The highest BCUT2D eigenvalue weighted by molar-refractivity contribution is 6.02. The number of aromatic nitrogens is 2. The van der Waals surface area contributed by atoms with E-state index in [-0.39, 0.29) is 11.4 Å². The van der Waals surface area contributed by atoms with Crippen LogP contribution in [0.1, 0.15) is 16.2 Å². The molecule has 2 rings (SSSR count). The summed E-state index contributed by atoms with van der Waals surface area (Å²) < 4.78 is 13.4. The van der Waals surface area contributed by atoms with E-state index in [1.807, 2.05) is 0 Å². The number of hydrogen-bond acceptors (Lipinski definition) is 4. The first-order valence-electron chi connectivity index (χ1n) is 5.21. The van der Waals surface area contributed by atoms with Gasteiger partial charge in [-0.2, -0.15) is 0 Å². The highest BCUT2D eigenvalue weighted by Gasteiger charge is 2.11. The van der Waals surface area contributed by atoms with Crippen molar-refractivity contribution in [1.29, 1.82) is 0 Å². The van der Waals surface area contributed by atoms with E-state index >= 15 is 0 Å². The molecule has 0 bridgehead atoms. The lowest BCUT2D eigenvalue weighted by molar-refractivity contribution is 0.102. The Kier molecular flexibility index (Phi) is 3.18. The standard InChI is InChI=1S/C12H11FN4O/c1-7-5-16-11(6-15-7)12(18)17-10-4-8(14)2-3-9(10)13/h2-6H,14H2,1H3,(H,17,18). The summed E-state index contributed by atoms with van der Waals surface area (Å²) in [5, 5.41) is 2.39. The van der Waals surface area contributed by atoms with Crippen molar-refractivity contribution in [2.75, 3.05) is 11.1 Å². The molecule has 0 saturated carbocycles. The lowest BCUT2D eigenvalue weighted by atomic mass is 10.2. The van der Waals surface area contributed by atoms with Crippen LogP contribution in [0.15, 0.2) is 30.6 Å². The molecule has 0 aliphatic rings. The molecule has 92 valence electrons. The number of carbonyl (C=O) groups excluding carboxylic acids is 1. The van der Waals surface area contributed by atoms with Crippen LogP contribution in [0.3, 0.4) is 0 Å². The largest absolute Gasteiger partial charge is 0.399 e. The highest BCUT2D eigenvalue weighted by atomic mass is 19.1. The van der Waals surface area contributed by atoms with Gasteiger partial charge in [0.2, 0.25) is 0 Å². The van der Waals surface area contributed by atoms with Gasteiger partial charge in [0.15, 0.2) is 0 Å². The summed E-state index contributed by atoms with van der Waals surface area (Å²) in [4.78, 5) is 19.6. The first kappa shape index (κ1) is 12.0. The van der Waals surface area contributed by atoms with Crippen LogP contribution in [0.5, 0.6) is 0 Å². The number of carbonyl (C=O) groups is 1. The predicted molar refractivity (Wildman–Crippen MR) is 65.5 cm³/mol. The molecule has 0 saturated heterocycles. The number of halogens is 1. The monoisotopic (exact) mass is 246 g/mol. The van der Waals surface area contributed by atoms with Gasteiger partial charge < -0.3 is 11.1 Å². The minimum atomic E-state index is -0.558. The molecule has 0 spiro atoms. The van der Waals surface area contributed by atoms with Gasteiger partial charge in [-0.15, -0.1) is 0 Å². The molecule has 18 heavy (non-hydrogen) atoms. The Balaban J connectivity index is 2.21. The van der Waals surface area contributed by atoms with E-state index in [1.165, 1.54) is 30.6 Å². The maximum atomic E-state index is 13.4. The Labute approximate surface area is 103 Å². The fourth-order valence-electron chi connectivity index (χ4n) is 1.33. The molecule has 1 aromatic heterocycles. The average molecular weight is 246 g/mol. The summed E-state index contributed by atoms with van der Waals surface area (Å²) in [6.45, 7) is 1.76. The molecule has 1 amide bonds. The number of nitrogens with zero attached hydrogens (tertiary/aromatic N) is 2. The second-order valence-corrected chi connectivity index (χ2v) is 3.74. The topological polar surface area (TPSA) is 80.9 Å². The predicted octanol–water partition coefficient (Wildman–Crippen LogP) is 1.76. The molecule has 2 aromatic rings. The number of benzene rings is 1. The first-order chi connectivity index (χ1) is 8.56. The van der Waals surface area contributed by atoms with Crippen molar-refractivity contribution in [2.45, 2.75) is 6.92 Å². The van der Waals surface area contributed by atoms with E-state index < -0.39 is 11.7 Å². The summed E-state index contributed by atoms with van der Waals surface area (Å²) in [6.07, 6.45) is 2.79. The van der Waals surface area contributed by atoms with Crippen LogP contribution in [0.25, 0.3) is 0 Å². The van der Waals surface area contributed by atoms with Gasteiger partial charge in [0.25, 0.3) is 5.91 Å². The van der Waals surface area contributed by atoms with Gasteiger partial charge in [-0.25, -0.2) is 9.37 Å². The number of nitrogens with two attached hydrogens (primary N) is 1. The minimum absolute atomic E-state index is 0.0161. The Hall–Kier alpha value is -2.50. The lowest BCUT2D eigenvalue weighted by Gasteiger charge is -2.06. The molecule has 0 fully saturated rings. The third-order valence-electron chi connectivity index (χ3n) is 2.25. The maximum absolute atomic E-state index is 13.4. The second-order valence-electron chi connectivity index (χ2n) is 3.74. The van der Waals surface area contributed by atoms with E-state index in [0.717, 1.165) is 0 Å². The van der Waals surface area contributed by atoms with E-state index in [4.69, 9.17) is 5.73 Å². The quantitative estimate of drug-likeness (QED) is 0.791. The lowest BCUT2D eigenvalue weighted by Crippen LogP contribution is -2.15. The Morgan fingerprint density at radius 3 is 2.78 bits per heavy atom. The van der Waals surface area contributed by atoms with Crippen molar-refractivity contribution in [2.24, 2.45) is 0 Å². The average Bonchev–Trinajstić information content (AvgIpc) is 2.34. The highest BCUT2D eigenvalue weighted by Crippen LogP contribution is 2.17. The van der Waals surface area contributed by atoms with Gasteiger partial charge in [-0.1, -0.05) is 0 Å². The summed E-state index contributed by atoms with van der Waals surface area (Å²) in [5.74, 6) is -1.09. The van der Waals surface area contributed by atoms with Gasteiger partial charge in [0, 0.05) is 11.9 Å². The van der Waals surface area contributed by atoms with Crippen molar-refractivity contribution in [3.8, 4) is 0 Å². The van der Waals surface area contributed by atoms with Crippen LogP contribution < -0.4 is 11.1 Å². The fourth-order valence-corrected chi connectivity index (χ4v) is 1.33. The van der Waals surface area contributed by atoms with Gasteiger partial charge >= 0.3 is 0 Å². The van der Waals surface area contributed by atoms with Gasteiger partial charge in [-0.05, 0) is 25.1 Å². The molecule has 1 aromatic carbocycles. The molecular weight excluding hydrogens is 235 g/mol. The van der Waals surface area contributed by atoms with E-state index in [0.29, 0.717) is 11.4 Å². The third-order valence-corrected chi connectivity index (χ3v) is 2.25. The van der Waals surface area contributed by atoms with E-state index in [9.17, 15) is 9.18 Å². The molecule has 1 heterocycles. The van der Waals surface area contributed by atoms with Crippen molar-refractivity contribution in [3.63, 3.8) is 0 Å². The van der Waals surface area contributed by atoms with Gasteiger partial charge in [0.05, 0.1) is 17.6 Å². The maximum Gasteiger partial charge on any atom is 0.275 e. The van der Waals surface area contributed by atoms with E-state index in [1.54, 1.807) is 6.92 Å². The van der Waals surface area contributed by atoms with Crippen molar-refractivity contribution in [1.82, 2.24) is 9.97 Å². The molecule has 5 nitrogen and oxygen atoms in total. The van der Waals surface area contributed by atoms with Crippen LogP contribution in [-0.4, -0.2) is 15.9 Å². The zero-order valence-electron chi connectivity index (χ0n) is 9.64. The Morgan fingerprint density at radius 2 is 2.11 bits per heavy atom. The SMILES string of the molecule is Cc1cnc(C(=O)Nc2cc(N)ccc2F)cn1. The van der Waals surface area contributed by atoms with Crippen LogP contribution in [0.2, 0.25) is 0 Å². The molecule has 0 aliphatic carbocycles.